The van der Waals surface area contributed by atoms with Crippen LogP contribution >= 0.6 is 10.6 Å². The zero-order valence-electron chi connectivity index (χ0n) is 12.4. The Balaban J connectivity index is 2.10. The Morgan fingerprint density at radius 3 is 2.74 bits per heavy atom. The van der Waals surface area contributed by atoms with Crippen LogP contribution in [-0.4, -0.2) is 27.1 Å². The predicted octanol–water partition coefficient (Wildman–Crippen LogP) is 2.63. The van der Waals surface area contributed by atoms with Gasteiger partial charge in [0.1, 0.15) is 10.7 Å². The molecule has 2 aromatic rings. The number of fused-ring (bicyclic) bond motifs is 1. The van der Waals surface area contributed by atoms with Gasteiger partial charge in [-0.25, -0.2) is 0 Å². The van der Waals surface area contributed by atoms with Gasteiger partial charge in [0.15, 0.2) is 0 Å². The van der Waals surface area contributed by atoms with Crippen LogP contribution in [-0.2, 0) is 11.2 Å². The van der Waals surface area contributed by atoms with Gasteiger partial charge in [0.05, 0.1) is 12.0 Å². The minimum atomic E-state index is -3.37. The van der Waals surface area contributed by atoms with Crippen molar-refractivity contribution in [3.8, 4) is 5.75 Å². The molecule has 0 radical (unpaired) electrons. The van der Waals surface area contributed by atoms with E-state index in [0.29, 0.717) is 17.7 Å². The highest BCUT2D eigenvalue weighted by Gasteiger charge is 2.35. The average Bonchev–Trinajstić information content (AvgIpc) is 2.79. The van der Waals surface area contributed by atoms with Gasteiger partial charge in [-0.15, -0.1) is 10.6 Å². The standard InChI is InChI=1S/C16H16N2O4S/c1-22-15-11(7-10-3-2-6-18-9-10)4-5-13-12(15)8-14(16(17)19)23(13,20)21/h2-6,8-9,20-21H,7H2,1H3,(H2,17,19). The Kier molecular flexibility index (Phi) is 3.85. The molecule has 0 bridgehead atoms. The summed E-state index contributed by atoms with van der Waals surface area (Å²) in [7, 11) is -1.87. The fourth-order valence-corrected chi connectivity index (χ4v) is 4.17. The first kappa shape index (κ1) is 15.5. The molecule has 0 saturated carbocycles. The highest BCUT2D eigenvalue weighted by molar-refractivity contribution is 8.28. The highest BCUT2D eigenvalue weighted by Crippen LogP contribution is 2.63. The molecule has 1 aromatic carbocycles. The summed E-state index contributed by atoms with van der Waals surface area (Å²) in [4.78, 5) is 15.6. The Hall–Kier alpha value is -2.35. The summed E-state index contributed by atoms with van der Waals surface area (Å²) in [5, 5.41) is 0. The van der Waals surface area contributed by atoms with Gasteiger partial charge in [-0.3, -0.25) is 18.9 Å². The van der Waals surface area contributed by atoms with Crippen molar-refractivity contribution in [2.75, 3.05) is 7.11 Å². The van der Waals surface area contributed by atoms with E-state index in [1.165, 1.54) is 13.2 Å². The monoisotopic (exact) mass is 332 g/mol. The number of hydrogen-bond donors (Lipinski definition) is 3. The van der Waals surface area contributed by atoms with Crippen LogP contribution in [0.2, 0.25) is 0 Å². The summed E-state index contributed by atoms with van der Waals surface area (Å²) in [6, 6.07) is 7.15. The average molecular weight is 332 g/mol. The molecule has 0 aliphatic carbocycles. The molecule has 4 N–H and O–H groups in total. The van der Waals surface area contributed by atoms with Gasteiger partial charge in [0, 0.05) is 24.4 Å². The van der Waals surface area contributed by atoms with Crippen molar-refractivity contribution in [1.82, 2.24) is 4.98 Å². The van der Waals surface area contributed by atoms with Gasteiger partial charge >= 0.3 is 0 Å². The molecular formula is C16H16N2O4S. The van der Waals surface area contributed by atoms with E-state index < -0.39 is 16.5 Å². The van der Waals surface area contributed by atoms with E-state index in [-0.39, 0.29) is 9.80 Å². The molecule has 7 heteroatoms. The van der Waals surface area contributed by atoms with Crippen molar-refractivity contribution >= 4 is 22.6 Å². The van der Waals surface area contributed by atoms with Gasteiger partial charge in [-0.1, -0.05) is 12.1 Å². The molecule has 0 spiro atoms. The van der Waals surface area contributed by atoms with Gasteiger partial charge in [0.2, 0.25) is 0 Å². The molecule has 23 heavy (non-hydrogen) atoms. The second-order valence-corrected chi connectivity index (χ2v) is 7.11. The first-order chi connectivity index (χ1) is 10.9. The zero-order valence-corrected chi connectivity index (χ0v) is 13.2. The van der Waals surface area contributed by atoms with Gasteiger partial charge in [0.25, 0.3) is 5.91 Å². The Labute approximate surface area is 135 Å². The van der Waals surface area contributed by atoms with E-state index in [1.807, 2.05) is 12.1 Å². The predicted molar refractivity (Wildman–Crippen MR) is 88.3 cm³/mol. The number of benzene rings is 1. The van der Waals surface area contributed by atoms with Crippen molar-refractivity contribution in [2.45, 2.75) is 11.3 Å². The second kappa shape index (κ2) is 5.69. The number of pyridine rings is 1. The Bertz CT molecular complexity index is 803. The summed E-state index contributed by atoms with van der Waals surface area (Å²) < 4.78 is 26.0. The van der Waals surface area contributed by atoms with Crippen molar-refractivity contribution in [3.05, 3.63) is 58.3 Å². The van der Waals surface area contributed by atoms with E-state index in [1.54, 1.807) is 24.5 Å². The third-order valence-corrected chi connectivity index (χ3v) is 5.59. The molecule has 0 atom stereocenters. The summed E-state index contributed by atoms with van der Waals surface area (Å²) >= 11 is 0. The van der Waals surface area contributed by atoms with Gasteiger partial charge < -0.3 is 10.5 Å². The molecule has 0 unspecified atom stereocenters. The fraction of sp³-hybridized carbons (Fsp3) is 0.125. The van der Waals surface area contributed by atoms with Crippen molar-refractivity contribution in [2.24, 2.45) is 5.73 Å². The van der Waals surface area contributed by atoms with Crippen LogP contribution in [0.4, 0.5) is 0 Å². The minimum absolute atomic E-state index is 0.190. The quantitative estimate of drug-likeness (QED) is 0.798. The Morgan fingerprint density at radius 2 is 2.13 bits per heavy atom. The number of nitrogens with zero attached hydrogens (tertiary/aromatic N) is 1. The third kappa shape index (κ3) is 2.59. The maximum atomic E-state index is 11.5. The number of rotatable bonds is 4. The second-order valence-electron chi connectivity index (χ2n) is 5.13. The summed E-state index contributed by atoms with van der Waals surface area (Å²) in [5.74, 6) is -0.348. The molecule has 1 aromatic heterocycles. The lowest BCUT2D eigenvalue weighted by Crippen LogP contribution is -2.16. The van der Waals surface area contributed by atoms with Crippen LogP contribution in [0.3, 0.4) is 0 Å². The number of methoxy groups -OCH3 is 1. The third-order valence-electron chi connectivity index (χ3n) is 3.69. The number of carbonyl (C=O) groups excluding carboxylic acids is 1. The normalized spacial score (nSPS) is 16.4. The molecule has 6 nitrogen and oxygen atoms in total. The molecule has 1 aliphatic heterocycles. The first-order valence-electron chi connectivity index (χ1n) is 6.83. The number of ether oxygens (including phenoxy) is 1. The molecule has 0 saturated heterocycles. The smallest absolute Gasteiger partial charge is 0.265 e. The minimum Gasteiger partial charge on any atom is -0.496 e. The van der Waals surface area contributed by atoms with Crippen molar-refractivity contribution in [3.63, 3.8) is 0 Å². The molecule has 1 amide bonds. The number of amides is 1. The van der Waals surface area contributed by atoms with Crippen molar-refractivity contribution in [1.29, 1.82) is 0 Å². The lowest BCUT2D eigenvalue weighted by Gasteiger charge is -2.30. The van der Waals surface area contributed by atoms with Crippen molar-refractivity contribution < 1.29 is 18.6 Å². The molecule has 2 heterocycles. The maximum Gasteiger partial charge on any atom is 0.265 e. The van der Waals surface area contributed by atoms with Gasteiger partial charge in [-0.05, 0) is 29.3 Å². The maximum absolute atomic E-state index is 11.5. The van der Waals surface area contributed by atoms with Crippen LogP contribution < -0.4 is 10.5 Å². The SMILES string of the molecule is COc1c(Cc2cccnc2)ccc2c1C=C(C(N)=O)S2(O)O. The first-order valence-corrected chi connectivity index (χ1v) is 8.38. The topological polar surface area (TPSA) is 106 Å². The van der Waals surface area contributed by atoms with Crippen LogP contribution in [0.5, 0.6) is 5.75 Å². The number of hydrogen-bond acceptors (Lipinski definition) is 5. The van der Waals surface area contributed by atoms with Crippen LogP contribution in [0.25, 0.3) is 6.08 Å². The zero-order chi connectivity index (χ0) is 16.6. The van der Waals surface area contributed by atoms with Crippen LogP contribution in [0.15, 0.2) is 46.5 Å². The van der Waals surface area contributed by atoms with E-state index in [4.69, 9.17) is 10.5 Å². The van der Waals surface area contributed by atoms with E-state index in [2.05, 4.69) is 4.98 Å². The number of nitrogens with two attached hydrogens (primary N) is 1. The summed E-state index contributed by atoms with van der Waals surface area (Å²) in [6.45, 7) is 0. The van der Waals surface area contributed by atoms with E-state index in [0.717, 1.165) is 11.1 Å². The number of aromatic nitrogens is 1. The van der Waals surface area contributed by atoms with Crippen LogP contribution in [0, 0.1) is 0 Å². The lowest BCUT2D eigenvalue weighted by molar-refractivity contribution is -0.113. The van der Waals surface area contributed by atoms with Gasteiger partial charge in [-0.2, -0.15) is 0 Å². The van der Waals surface area contributed by atoms with Crippen LogP contribution in [0.1, 0.15) is 16.7 Å². The molecular weight excluding hydrogens is 316 g/mol. The molecule has 120 valence electrons. The molecule has 0 fully saturated rings. The van der Waals surface area contributed by atoms with E-state index >= 15 is 0 Å². The van der Waals surface area contributed by atoms with E-state index in [9.17, 15) is 13.9 Å². The Morgan fingerprint density at radius 1 is 1.35 bits per heavy atom. The molecule has 1 aliphatic rings. The number of carbonyl (C=O) groups is 1. The highest BCUT2D eigenvalue weighted by atomic mass is 32.3. The fourth-order valence-electron chi connectivity index (χ4n) is 2.66. The lowest BCUT2D eigenvalue weighted by atomic mass is 10.0. The largest absolute Gasteiger partial charge is 0.496 e. The summed E-state index contributed by atoms with van der Waals surface area (Å²) in [6.07, 6.45) is 5.42. The summed E-state index contributed by atoms with van der Waals surface area (Å²) in [5.41, 5.74) is 7.59. The molecule has 3 rings (SSSR count). The number of primary amides is 1.